The third-order valence-corrected chi connectivity index (χ3v) is 4.41. The van der Waals surface area contributed by atoms with Gasteiger partial charge in [0.15, 0.2) is 0 Å². The highest BCUT2D eigenvalue weighted by Gasteiger charge is 2.11. The molecule has 0 aliphatic rings. The molecule has 3 aromatic carbocycles. The molecule has 3 rings (SSSR count). The average Bonchev–Trinajstić information content (AvgIpc) is 2.82. The van der Waals surface area contributed by atoms with Crippen molar-refractivity contribution < 1.29 is 19.1 Å². The van der Waals surface area contributed by atoms with Crippen LogP contribution in [-0.2, 0) is 0 Å². The first-order valence-electron chi connectivity index (χ1n) is 10.2. The first-order chi connectivity index (χ1) is 15.4. The molecule has 7 heteroatoms. The lowest BCUT2D eigenvalue weighted by Crippen LogP contribution is -2.41. The summed E-state index contributed by atoms with van der Waals surface area (Å²) in [4.78, 5) is 36.9. The van der Waals surface area contributed by atoms with E-state index in [1.807, 2.05) is 19.9 Å². The zero-order chi connectivity index (χ0) is 22.9. The van der Waals surface area contributed by atoms with Crippen molar-refractivity contribution in [2.24, 2.45) is 5.92 Å². The molecule has 0 atom stereocenters. The molecule has 0 saturated heterocycles. The molecule has 164 valence electrons. The van der Waals surface area contributed by atoms with Gasteiger partial charge in [-0.05, 0) is 60.5 Å². The van der Waals surface area contributed by atoms with Gasteiger partial charge in [0.1, 0.15) is 5.75 Å². The van der Waals surface area contributed by atoms with Crippen LogP contribution >= 0.6 is 0 Å². The minimum absolute atomic E-state index is 0.241. The van der Waals surface area contributed by atoms with E-state index in [-0.39, 0.29) is 5.91 Å². The van der Waals surface area contributed by atoms with Crippen LogP contribution in [0.5, 0.6) is 5.75 Å². The van der Waals surface area contributed by atoms with E-state index in [1.165, 1.54) is 0 Å². The zero-order valence-electron chi connectivity index (χ0n) is 17.9. The van der Waals surface area contributed by atoms with Crippen LogP contribution < -0.4 is 20.9 Å². The van der Waals surface area contributed by atoms with Gasteiger partial charge in [0.2, 0.25) is 0 Å². The van der Waals surface area contributed by atoms with Crippen LogP contribution in [0.25, 0.3) is 0 Å². The molecule has 3 aromatic rings. The quantitative estimate of drug-likeness (QED) is 0.492. The topological polar surface area (TPSA) is 96.5 Å². The van der Waals surface area contributed by atoms with Gasteiger partial charge < -0.3 is 10.1 Å². The molecule has 0 aliphatic carbocycles. The van der Waals surface area contributed by atoms with Crippen molar-refractivity contribution in [2.45, 2.75) is 13.8 Å². The number of rotatable bonds is 7. The predicted molar refractivity (Wildman–Crippen MR) is 123 cm³/mol. The Morgan fingerprint density at radius 3 is 1.97 bits per heavy atom. The molecule has 3 N–H and O–H groups in total. The minimum Gasteiger partial charge on any atom is -0.493 e. The average molecular weight is 431 g/mol. The SMILES string of the molecule is CC(C)COc1cccc(C(=O)NNC(=O)c2ccc(NC(=O)c3ccccc3)cc2)c1. The van der Waals surface area contributed by atoms with E-state index in [0.29, 0.717) is 40.7 Å². The highest BCUT2D eigenvalue weighted by atomic mass is 16.5. The number of benzene rings is 3. The fraction of sp³-hybridized carbons (Fsp3) is 0.160. The molecule has 0 fully saturated rings. The van der Waals surface area contributed by atoms with Crippen LogP contribution in [0, 0.1) is 5.92 Å². The summed E-state index contributed by atoms with van der Waals surface area (Å²) in [5.74, 6) is -0.225. The number of ether oxygens (including phenoxy) is 1. The molecular formula is C25H25N3O4. The van der Waals surface area contributed by atoms with Crippen molar-refractivity contribution in [1.82, 2.24) is 10.9 Å². The third-order valence-electron chi connectivity index (χ3n) is 4.41. The summed E-state index contributed by atoms with van der Waals surface area (Å²) < 4.78 is 5.62. The van der Waals surface area contributed by atoms with Gasteiger partial charge in [-0.3, -0.25) is 25.2 Å². The highest BCUT2D eigenvalue weighted by molar-refractivity contribution is 6.04. The lowest BCUT2D eigenvalue weighted by atomic mass is 10.1. The van der Waals surface area contributed by atoms with E-state index in [0.717, 1.165) is 0 Å². The first kappa shape index (κ1) is 22.6. The molecule has 0 spiro atoms. The fourth-order valence-corrected chi connectivity index (χ4v) is 2.75. The molecule has 0 saturated carbocycles. The maximum Gasteiger partial charge on any atom is 0.269 e. The van der Waals surface area contributed by atoms with Gasteiger partial charge in [-0.1, -0.05) is 38.1 Å². The fourth-order valence-electron chi connectivity index (χ4n) is 2.75. The van der Waals surface area contributed by atoms with Gasteiger partial charge in [-0.25, -0.2) is 0 Å². The lowest BCUT2D eigenvalue weighted by Gasteiger charge is -2.11. The Hall–Kier alpha value is -4.13. The molecule has 0 heterocycles. The number of hydrazine groups is 1. The first-order valence-corrected chi connectivity index (χ1v) is 10.2. The van der Waals surface area contributed by atoms with Crippen LogP contribution in [0.15, 0.2) is 78.9 Å². The summed E-state index contributed by atoms with van der Waals surface area (Å²) in [7, 11) is 0. The highest BCUT2D eigenvalue weighted by Crippen LogP contribution is 2.15. The molecule has 0 aromatic heterocycles. The van der Waals surface area contributed by atoms with Gasteiger partial charge in [0, 0.05) is 22.4 Å². The van der Waals surface area contributed by atoms with Crippen LogP contribution in [0.3, 0.4) is 0 Å². The second kappa shape index (κ2) is 10.8. The summed E-state index contributed by atoms with van der Waals surface area (Å²) in [6.07, 6.45) is 0. The van der Waals surface area contributed by atoms with Crippen molar-refractivity contribution in [1.29, 1.82) is 0 Å². The maximum absolute atomic E-state index is 12.4. The monoisotopic (exact) mass is 431 g/mol. The summed E-state index contributed by atoms with van der Waals surface area (Å²) in [6.45, 7) is 4.62. The number of carbonyl (C=O) groups is 3. The summed E-state index contributed by atoms with van der Waals surface area (Å²) in [5.41, 5.74) is 6.57. The van der Waals surface area contributed by atoms with Crippen molar-refractivity contribution in [3.05, 3.63) is 95.6 Å². The van der Waals surface area contributed by atoms with Gasteiger partial charge >= 0.3 is 0 Å². The second-order valence-corrected chi connectivity index (χ2v) is 7.54. The number of carbonyl (C=O) groups excluding carboxylic acids is 3. The van der Waals surface area contributed by atoms with Crippen molar-refractivity contribution in [2.75, 3.05) is 11.9 Å². The molecule has 3 amide bonds. The lowest BCUT2D eigenvalue weighted by molar-refractivity contribution is 0.0846. The third kappa shape index (κ3) is 6.43. The maximum atomic E-state index is 12.4. The summed E-state index contributed by atoms with van der Waals surface area (Å²) in [6, 6.07) is 21.9. The Morgan fingerprint density at radius 2 is 1.31 bits per heavy atom. The van der Waals surface area contributed by atoms with E-state index in [2.05, 4.69) is 16.2 Å². The molecule has 0 aliphatic heterocycles. The van der Waals surface area contributed by atoms with E-state index >= 15 is 0 Å². The Balaban J connectivity index is 1.53. The van der Waals surface area contributed by atoms with Crippen LogP contribution in [0.4, 0.5) is 5.69 Å². The molecule has 32 heavy (non-hydrogen) atoms. The van der Waals surface area contributed by atoms with Crippen molar-refractivity contribution >= 4 is 23.4 Å². The van der Waals surface area contributed by atoms with Crippen LogP contribution in [0.1, 0.15) is 44.9 Å². The van der Waals surface area contributed by atoms with E-state index in [4.69, 9.17) is 4.74 Å². The predicted octanol–water partition coefficient (Wildman–Crippen LogP) is 4.05. The van der Waals surface area contributed by atoms with E-state index in [1.54, 1.807) is 72.8 Å². The van der Waals surface area contributed by atoms with Crippen LogP contribution in [-0.4, -0.2) is 24.3 Å². The second-order valence-electron chi connectivity index (χ2n) is 7.54. The molecule has 0 radical (unpaired) electrons. The van der Waals surface area contributed by atoms with Crippen LogP contribution in [0.2, 0.25) is 0 Å². The smallest absolute Gasteiger partial charge is 0.269 e. The van der Waals surface area contributed by atoms with Crippen molar-refractivity contribution in [3.63, 3.8) is 0 Å². The van der Waals surface area contributed by atoms with E-state index < -0.39 is 11.8 Å². The normalized spacial score (nSPS) is 10.3. The van der Waals surface area contributed by atoms with Crippen molar-refractivity contribution in [3.8, 4) is 5.75 Å². The summed E-state index contributed by atoms with van der Waals surface area (Å²) >= 11 is 0. The molecule has 7 nitrogen and oxygen atoms in total. The minimum atomic E-state index is -0.480. The Labute approximate surface area is 186 Å². The zero-order valence-corrected chi connectivity index (χ0v) is 17.9. The Bertz CT molecular complexity index is 1080. The van der Waals surface area contributed by atoms with Gasteiger partial charge in [0.25, 0.3) is 17.7 Å². The Kier molecular flexibility index (Phi) is 7.59. The van der Waals surface area contributed by atoms with Gasteiger partial charge in [-0.15, -0.1) is 0 Å². The Morgan fingerprint density at radius 1 is 0.719 bits per heavy atom. The van der Waals surface area contributed by atoms with E-state index in [9.17, 15) is 14.4 Å². The number of hydrogen-bond donors (Lipinski definition) is 3. The number of hydrogen-bond acceptors (Lipinski definition) is 4. The molecule has 0 unspecified atom stereocenters. The largest absolute Gasteiger partial charge is 0.493 e. The molecular weight excluding hydrogens is 406 g/mol. The summed E-state index contributed by atoms with van der Waals surface area (Å²) in [5, 5.41) is 2.77. The standard InChI is InChI=1S/C25H25N3O4/c1-17(2)16-32-22-10-6-9-20(15-22)25(31)28-27-24(30)19-11-13-21(14-12-19)26-23(29)18-7-4-3-5-8-18/h3-15,17H,16H2,1-2H3,(H,26,29)(H,27,30)(H,28,31). The number of amides is 3. The number of anilines is 1. The van der Waals surface area contributed by atoms with Gasteiger partial charge in [0.05, 0.1) is 6.61 Å². The molecule has 0 bridgehead atoms. The van der Waals surface area contributed by atoms with Gasteiger partial charge in [-0.2, -0.15) is 0 Å². The number of nitrogens with one attached hydrogen (secondary N) is 3.